The highest BCUT2D eigenvalue weighted by atomic mass is 32.2. The Morgan fingerprint density at radius 2 is 2.25 bits per heavy atom. The molecule has 1 saturated heterocycles. The van der Waals surface area contributed by atoms with E-state index in [9.17, 15) is 8.42 Å². The molecule has 0 radical (unpaired) electrons. The molecule has 2 aromatic heterocycles. The lowest BCUT2D eigenvalue weighted by atomic mass is 10.1. The molecule has 1 atom stereocenters. The molecule has 3 rings (SSSR count). The zero-order valence-electron chi connectivity index (χ0n) is 11.2. The van der Waals surface area contributed by atoms with Crippen molar-refractivity contribution < 1.29 is 8.42 Å². The van der Waals surface area contributed by atoms with Gasteiger partial charge in [0, 0.05) is 11.9 Å². The van der Waals surface area contributed by atoms with Gasteiger partial charge >= 0.3 is 0 Å². The zero-order chi connectivity index (χ0) is 14.3. The molecule has 0 aliphatic carbocycles. The number of thiophene rings is 1. The lowest BCUT2D eigenvalue weighted by molar-refractivity contribution is 0.540. The van der Waals surface area contributed by atoms with Crippen molar-refractivity contribution in [2.45, 2.75) is 24.5 Å². The van der Waals surface area contributed by atoms with Crippen LogP contribution in [0.1, 0.15) is 30.2 Å². The van der Waals surface area contributed by atoms with Gasteiger partial charge in [-0.2, -0.15) is 5.10 Å². The third-order valence-corrected chi connectivity index (χ3v) is 6.84. The van der Waals surface area contributed by atoms with Gasteiger partial charge in [0.25, 0.3) is 0 Å². The molecular formula is C13H17N3O2S2. The van der Waals surface area contributed by atoms with Gasteiger partial charge in [-0.25, -0.2) is 8.42 Å². The monoisotopic (exact) mass is 311 g/mol. The standard InChI is InChI=1S/C13H17N3O2S2/c1-16-13(14)11(9-5-4-7-19-9)12(15-16)10-6-2-3-8-20(10,17)18/h4-5,7,10H,2-3,6,8,14H2,1H3. The van der Waals surface area contributed by atoms with Crippen LogP contribution in [-0.4, -0.2) is 24.0 Å². The normalized spacial score (nSPS) is 21.9. The van der Waals surface area contributed by atoms with Gasteiger partial charge in [-0.3, -0.25) is 4.68 Å². The highest BCUT2D eigenvalue weighted by molar-refractivity contribution is 7.91. The number of aromatic nitrogens is 2. The first-order valence-electron chi connectivity index (χ1n) is 6.58. The fourth-order valence-electron chi connectivity index (χ4n) is 2.72. The molecule has 1 unspecified atom stereocenters. The van der Waals surface area contributed by atoms with Crippen molar-refractivity contribution >= 4 is 27.0 Å². The summed E-state index contributed by atoms with van der Waals surface area (Å²) < 4.78 is 26.3. The average Bonchev–Trinajstić information content (AvgIpc) is 2.99. The summed E-state index contributed by atoms with van der Waals surface area (Å²) in [6, 6.07) is 3.89. The molecule has 0 saturated carbocycles. The number of nitrogens with two attached hydrogens (primary N) is 1. The number of aryl methyl sites for hydroxylation is 1. The van der Waals surface area contributed by atoms with Crippen LogP contribution in [0.15, 0.2) is 17.5 Å². The first-order valence-corrected chi connectivity index (χ1v) is 9.18. The van der Waals surface area contributed by atoms with Crippen LogP contribution in [0.4, 0.5) is 5.82 Å². The quantitative estimate of drug-likeness (QED) is 0.923. The summed E-state index contributed by atoms with van der Waals surface area (Å²) >= 11 is 1.55. The van der Waals surface area contributed by atoms with Gasteiger partial charge in [-0.1, -0.05) is 12.5 Å². The summed E-state index contributed by atoms with van der Waals surface area (Å²) in [5.41, 5.74) is 7.51. The molecule has 0 amide bonds. The van der Waals surface area contributed by atoms with Crippen LogP contribution >= 0.6 is 11.3 Å². The van der Waals surface area contributed by atoms with Gasteiger partial charge in [0.15, 0.2) is 9.84 Å². The summed E-state index contributed by atoms with van der Waals surface area (Å²) in [7, 11) is -1.37. The molecular weight excluding hydrogens is 294 g/mol. The van der Waals surface area contributed by atoms with Crippen molar-refractivity contribution in [2.75, 3.05) is 11.5 Å². The SMILES string of the molecule is Cn1nc(C2CCCCS2(=O)=O)c(-c2cccs2)c1N. The largest absolute Gasteiger partial charge is 0.383 e. The van der Waals surface area contributed by atoms with E-state index < -0.39 is 15.1 Å². The predicted octanol–water partition coefficient (Wildman–Crippen LogP) is 2.37. The van der Waals surface area contributed by atoms with Gasteiger partial charge < -0.3 is 5.73 Å². The van der Waals surface area contributed by atoms with E-state index in [1.807, 2.05) is 17.5 Å². The average molecular weight is 311 g/mol. The topological polar surface area (TPSA) is 78.0 Å². The summed E-state index contributed by atoms with van der Waals surface area (Å²) in [5, 5.41) is 5.85. The van der Waals surface area contributed by atoms with E-state index in [4.69, 9.17) is 5.73 Å². The van der Waals surface area contributed by atoms with Crippen molar-refractivity contribution in [1.82, 2.24) is 9.78 Å². The van der Waals surface area contributed by atoms with Crippen molar-refractivity contribution in [1.29, 1.82) is 0 Å². The molecule has 0 aromatic carbocycles. The minimum Gasteiger partial charge on any atom is -0.383 e. The fraction of sp³-hybridized carbons (Fsp3) is 0.462. The Morgan fingerprint density at radius 3 is 2.90 bits per heavy atom. The van der Waals surface area contributed by atoms with Crippen LogP contribution in [0, 0.1) is 0 Å². The van der Waals surface area contributed by atoms with Gasteiger partial charge in [-0.15, -0.1) is 11.3 Å². The maximum Gasteiger partial charge on any atom is 0.158 e. The first-order chi connectivity index (χ1) is 9.50. The summed E-state index contributed by atoms with van der Waals surface area (Å²) in [4.78, 5) is 0.978. The van der Waals surface area contributed by atoms with Crippen molar-refractivity contribution in [3.8, 4) is 10.4 Å². The van der Waals surface area contributed by atoms with E-state index >= 15 is 0 Å². The van der Waals surface area contributed by atoms with E-state index in [0.717, 1.165) is 23.3 Å². The number of anilines is 1. The Kier molecular flexibility index (Phi) is 3.33. The predicted molar refractivity (Wildman–Crippen MR) is 81.3 cm³/mol. The fourth-order valence-corrected chi connectivity index (χ4v) is 5.43. The molecule has 2 N–H and O–H groups in total. The highest BCUT2D eigenvalue weighted by Gasteiger charge is 2.35. The maximum atomic E-state index is 12.3. The highest BCUT2D eigenvalue weighted by Crippen LogP contribution is 2.41. The molecule has 2 aromatic rings. The van der Waals surface area contributed by atoms with Crippen LogP contribution in [0.5, 0.6) is 0 Å². The molecule has 3 heterocycles. The summed E-state index contributed by atoms with van der Waals surface area (Å²) in [5.74, 6) is 0.779. The van der Waals surface area contributed by atoms with E-state index in [0.29, 0.717) is 17.9 Å². The van der Waals surface area contributed by atoms with E-state index in [2.05, 4.69) is 5.10 Å². The van der Waals surface area contributed by atoms with Crippen molar-refractivity contribution in [3.63, 3.8) is 0 Å². The van der Waals surface area contributed by atoms with Crippen LogP contribution in [0.3, 0.4) is 0 Å². The van der Waals surface area contributed by atoms with Crippen molar-refractivity contribution in [2.24, 2.45) is 7.05 Å². The van der Waals surface area contributed by atoms with Crippen LogP contribution in [0.25, 0.3) is 10.4 Å². The number of rotatable bonds is 2. The Labute approximate surface area is 122 Å². The lowest BCUT2D eigenvalue weighted by Crippen LogP contribution is -2.22. The minimum atomic E-state index is -3.12. The summed E-state index contributed by atoms with van der Waals surface area (Å²) in [6.45, 7) is 0. The van der Waals surface area contributed by atoms with E-state index in [1.165, 1.54) is 0 Å². The molecule has 0 spiro atoms. The molecule has 0 bridgehead atoms. The third-order valence-electron chi connectivity index (χ3n) is 3.77. The summed E-state index contributed by atoms with van der Waals surface area (Å²) in [6.07, 6.45) is 2.30. The molecule has 7 heteroatoms. The second-order valence-corrected chi connectivity index (χ2v) is 8.35. The second-order valence-electron chi connectivity index (χ2n) is 5.10. The number of sulfone groups is 1. The maximum absolute atomic E-state index is 12.3. The zero-order valence-corrected chi connectivity index (χ0v) is 12.9. The van der Waals surface area contributed by atoms with Crippen LogP contribution in [-0.2, 0) is 16.9 Å². The van der Waals surface area contributed by atoms with Gasteiger partial charge in [0.05, 0.1) is 17.0 Å². The molecule has 20 heavy (non-hydrogen) atoms. The Morgan fingerprint density at radius 1 is 1.45 bits per heavy atom. The molecule has 1 aliphatic heterocycles. The van der Waals surface area contributed by atoms with Crippen molar-refractivity contribution in [3.05, 3.63) is 23.2 Å². The second kappa shape index (κ2) is 4.89. The van der Waals surface area contributed by atoms with E-state index in [-0.39, 0.29) is 5.75 Å². The third kappa shape index (κ3) is 2.14. The minimum absolute atomic E-state index is 0.248. The van der Waals surface area contributed by atoms with Gasteiger partial charge in [0.1, 0.15) is 11.1 Å². The first kappa shape index (κ1) is 13.6. The van der Waals surface area contributed by atoms with Gasteiger partial charge in [-0.05, 0) is 24.3 Å². The molecule has 1 aliphatic rings. The Bertz CT molecular complexity index is 717. The number of nitrogens with zero attached hydrogens (tertiary/aromatic N) is 2. The van der Waals surface area contributed by atoms with E-state index in [1.54, 1.807) is 23.1 Å². The van der Waals surface area contributed by atoms with Gasteiger partial charge in [0.2, 0.25) is 0 Å². The molecule has 1 fully saturated rings. The number of hydrogen-bond acceptors (Lipinski definition) is 5. The number of hydrogen-bond donors (Lipinski definition) is 1. The molecule has 108 valence electrons. The smallest absolute Gasteiger partial charge is 0.158 e. The van der Waals surface area contributed by atoms with Crippen LogP contribution < -0.4 is 5.73 Å². The van der Waals surface area contributed by atoms with Crippen LogP contribution in [0.2, 0.25) is 0 Å². The lowest BCUT2D eigenvalue weighted by Gasteiger charge is -2.21. The molecule has 5 nitrogen and oxygen atoms in total. The Balaban J connectivity index is 2.17. The number of nitrogen functional groups attached to an aromatic ring is 1. The Hall–Kier alpha value is -1.34.